The Kier molecular flexibility index (Phi) is 4.67. The van der Waals surface area contributed by atoms with Crippen LogP contribution in [0.4, 0.5) is 0 Å². The topological polar surface area (TPSA) is 102 Å². The summed E-state index contributed by atoms with van der Waals surface area (Å²) in [5.74, 6) is 0.413. The van der Waals surface area contributed by atoms with E-state index in [4.69, 9.17) is 4.42 Å². The third-order valence-corrected chi connectivity index (χ3v) is 5.94. The zero-order valence-corrected chi connectivity index (χ0v) is 13.8. The molecular formula is C14H15N3O4S2. The van der Waals surface area contributed by atoms with Crippen molar-refractivity contribution < 1.29 is 17.6 Å². The van der Waals surface area contributed by atoms with Gasteiger partial charge in [0.15, 0.2) is 9.84 Å². The predicted molar refractivity (Wildman–Crippen MR) is 85.7 cm³/mol. The average molecular weight is 353 g/mol. The Morgan fingerprint density at radius 3 is 2.78 bits per heavy atom. The van der Waals surface area contributed by atoms with E-state index < -0.39 is 9.84 Å². The van der Waals surface area contributed by atoms with E-state index in [1.165, 1.54) is 0 Å². The van der Waals surface area contributed by atoms with Gasteiger partial charge in [-0.1, -0.05) is 30.0 Å². The summed E-state index contributed by atoms with van der Waals surface area (Å²) in [5.41, 5.74) is 0.812. The van der Waals surface area contributed by atoms with Crippen LogP contribution >= 0.6 is 11.8 Å². The lowest BCUT2D eigenvalue weighted by Gasteiger charge is -2.09. The lowest BCUT2D eigenvalue weighted by molar-refractivity contribution is -0.119. The van der Waals surface area contributed by atoms with E-state index >= 15 is 0 Å². The third kappa shape index (κ3) is 4.32. The first kappa shape index (κ1) is 16.0. The summed E-state index contributed by atoms with van der Waals surface area (Å²) in [6, 6.07) is 9.05. The van der Waals surface area contributed by atoms with Gasteiger partial charge in [-0.2, -0.15) is 0 Å². The van der Waals surface area contributed by atoms with Crippen LogP contribution < -0.4 is 5.32 Å². The monoisotopic (exact) mass is 353 g/mol. The summed E-state index contributed by atoms with van der Waals surface area (Å²) in [5, 5.41) is 10.8. The number of carbonyl (C=O) groups is 1. The lowest BCUT2D eigenvalue weighted by Crippen LogP contribution is -2.36. The van der Waals surface area contributed by atoms with Gasteiger partial charge in [0.05, 0.1) is 17.3 Å². The molecule has 2 aromatic rings. The van der Waals surface area contributed by atoms with Crippen molar-refractivity contribution in [3.63, 3.8) is 0 Å². The van der Waals surface area contributed by atoms with E-state index in [2.05, 4.69) is 15.5 Å². The first-order valence-corrected chi connectivity index (χ1v) is 9.84. The zero-order valence-electron chi connectivity index (χ0n) is 12.1. The fraction of sp³-hybridized carbons (Fsp3) is 0.357. The molecule has 122 valence electrons. The highest BCUT2D eigenvalue weighted by Gasteiger charge is 2.28. The number of sulfone groups is 1. The van der Waals surface area contributed by atoms with Crippen LogP contribution in [0.3, 0.4) is 0 Å². The van der Waals surface area contributed by atoms with Crippen LogP contribution in [0.25, 0.3) is 11.5 Å². The predicted octanol–water partition coefficient (Wildman–Crippen LogP) is 1.13. The largest absolute Gasteiger partial charge is 0.411 e. The highest BCUT2D eigenvalue weighted by atomic mass is 32.2. The highest BCUT2D eigenvalue weighted by Crippen LogP contribution is 2.22. The normalized spacial score (nSPS) is 19.6. The van der Waals surface area contributed by atoms with Crippen LogP contribution in [0.5, 0.6) is 0 Å². The van der Waals surface area contributed by atoms with Gasteiger partial charge in [0, 0.05) is 11.6 Å². The van der Waals surface area contributed by atoms with Gasteiger partial charge in [-0.3, -0.25) is 4.79 Å². The van der Waals surface area contributed by atoms with Gasteiger partial charge in [0.1, 0.15) is 0 Å². The molecule has 1 fully saturated rings. The molecule has 2 heterocycles. The molecule has 0 saturated carbocycles. The fourth-order valence-corrected chi connectivity index (χ4v) is 4.52. The Bertz CT molecular complexity index is 789. The van der Waals surface area contributed by atoms with E-state index in [9.17, 15) is 13.2 Å². The number of aromatic nitrogens is 2. The molecule has 9 heteroatoms. The van der Waals surface area contributed by atoms with Gasteiger partial charge >= 0.3 is 0 Å². The molecule has 7 nitrogen and oxygen atoms in total. The minimum Gasteiger partial charge on any atom is -0.411 e. The van der Waals surface area contributed by atoms with E-state index in [0.717, 1.165) is 17.3 Å². The van der Waals surface area contributed by atoms with Crippen molar-refractivity contribution in [3.05, 3.63) is 30.3 Å². The van der Waals surface area contributed by atoms with Crippen molar-refractivity contribution in [3.8, 4) is 11.5 Å². The Hall–Kier alpha value is -1.87. The first-order chi connectivity index (χ1) is 11.0. The Morgan fingerprint density at radius 1 is 1.30 bits per heavy atom. The standard InChI is InChI=1S/C14H15N3O4S2/c18-12(15-11-6-7-23(19,20)9-11)8-22-14-17-16-13(21-14)10-4-2-1-3-5-10/h1-5,11H,6-9H2,(H,15,18)/t11-/m1/s1. The number of rotatable bonds is 5. The molecule has 0 radical (unpaired) electrons. The molecule has 1 saturated heterocycles. The Labute approximate surface area is 137 Å². The summed E-state index contributed by atoms with van der Waals surface area (Å²) in [4.78, 5) is 11.8. The minimum absolute atomic E-state index is 0.0160. The van der Waals surface area contributed by atoms with E-state index in [0.29, 0.717) is 17.5 Å². The maximum absolute atomic E-state index is 11.8. The maximum Gasteiger partial charge on any atom is 0.277 e. The molecule has 0 spiro atoms. The molecule has 1 atom stereocenters. The summed E-state index contributed by atoms with van der Waals surface area (Å²) >= 11 is 1.13. The number of thioether (sulfide) groups is 1. The molecule has 0 unspecified atom stereocenters. The first-order valence-electron chi connectivity index (χ1n) is 7.03. The highest BCUT2D eigenvalue weighted by molar-refractivity contribution is 7.99. The molecule has 1 aromatic heterocycles. The van der Waals surface area contributed by atoms with Crippen molar-refractivity contribution >= 4 is 27.5 Å². The molecule has 23 heavy (non-hydrogen) atoms. The number of amides is 1. The quantitative estimate of drug-likeness (QED) is 0.804. The summed E-state index contributed by atoms with van der Waals surface area (Å²) in [6.07, 6.45) is 0.470. The number of benzene rings is 1. The molecule has 1 aliphatic heterocycles. The number of nitrogens with zero attached hydrogens (tertiary/aromatic N) is 2. The van der Waals surface area contributed by atoms with E-state index in [1.807, 2.05) is 30.3 Å². The third-order valence-electron chi connectivity index (χ3n) is 3.35. The number of carbonyl (C=O) groups excluding carboxylic acids is 1. The smallest absolute Gasteiger partial charge is 0.277 e. The van der Waals surface area contributed by atoms with Crippen LogP contribution in [0, 0.1) is 0 Å². The van der Waals surface area contributed by atoms with Crippen molar-refractivity contribution in [2.45, 2.75) is 17.7 Å². The molecule has 0 aliphatic carbocycles. The van der Waals surface area contributed by atoms with Gasteiger partial charge < -0.3 is 9.73 Å². The molecule has 0 bridgehead atoms. The molecule has 1 aliphatic rings. The second-order valence-electron chi connectivity index (χ2n) is 5.20. The molecule has 1 amide bonds. The van der Waals surface area contributed by atoms with Gasteiger partial charge in [-0.25, -0.2) is 8.42 Å². The number of hydrogen-bond acceptors (Lipinski definition) is 7. The number of nitrogens with one attached hydrogen (secondary N) is 1. The van der Waals surface area contributed by atoms with Crippen LogP contribution in [-0.4, -0.2) is 47.8 Å². The SMILES string of the molecule is O=C(CSc1nnc(-c2ccccc2)o1)N[C@@H]1CCS(=O)(=O)C1. The van der Waals surface area contributed by atoms with Crippen molar-refractivity contribution in [1.82, 2.24) is 15.5 Å². The Morgan fingerprint density at radius 2 is 2.09 bits per heavy atom. The van der Waals surface area contributed by atoms with Crippen LogP contribution in [0.1, 0.15) is 6.42 Å². The van der Waals surface area contributed by atoms with Crippen molar-refractivity contribution in [2.24, 2.45) is 0 Å². The van der Waals surface area contributed by atoms with Crippen LogP contribution in [-0.2, 0) is 14.6 Å². The molecule has 1 aromatic carbocycles. The summed E-state index contributed by atoms with van der Waals surface area (Å²) < 4.78 is 28.2. The van der Waals surface area contributed by atoms with Gasteiger partial charge in [-0.15, -0.1) is 10.2 Å². The minimum atomic E-state index is -3.00. The van der Waals surface area contributed by atoms with Gasteiger partial charge in [0.25, 0.3) is 5.22 Å². The second kappa shape index (κ2) is 6.71. The maximum atomic E-state index is 11.8. The van der Waals surface area contributed by atoms with Crippen molar-refractivity contribution in [2.75, 3.05) is 17.3 Å². The summed E-state index contributed by atoms with van der Waals surface area (Å²) in [7, 11) is -3.00. The molecule has 1 N–H and O–H groups in total. The van der Waals surface area contributed by atoms with Crippen molar-refractivity contribution in [1.29, 1.82) is 0 Å². The lowest BCUT2D eigenvalue weighted by atomic mass is 10.2. The average Bonchev–Trinajstić information content (AvgIpc) is 3.13. The van der Waals surface area contributed by atoms with Crippen LogP contribution in [0.15, 0.2) is 40.0 Å². The summed E-state index contributed by atoms with van der Waals surface area (Å²) in [6.45, 7) is 0. The number of hydrogen-bond donors (Lipinski definition) is 1. The van der Waals surface area contributed by atoms with Gasteiger partial charge in [-0.05, 0) is 18.6 Å². The zero-order chi connectivity index (χ0) is 16.3. The fourth-order valence-electron chi connectivity index (χ4n) is 2.27. The second-order valence-corrected chi connectivity index (χ2v) is 8.35. The molecular weight excluding hydrogens is 338 g/mol. The van der Waals surface area contributed by atoms with E-state index in [1.54, 1.807) is 0 Å². The molecule has 3 rings (SSSR count). The van der Waals surface area contributed by atoms with Crippen LogP contribution in [0.2, 0.25) is 0 Å². The van der Waals surface area contributed by atoms with E-state index in [-0.39, 0.29) is 29.2 Å². The van der Waals surface area contributed by atoms with Gasteiger partial charge in [0.2, 0.25) is 11.8 Å². The Balaban J connectivity index is 1.51.